The molecule has 1 aromatic heterocycles. The van der Waals surface area contributed by atoms with Crippen LogP contribution in [0.5, 0.6) is 0 Å². The number of amides is 1. The van der Waals surface area contributed by atoms with E-state index in [1.54, 1.807) is 11.8 Å². The predicted octanol–water partition coefficient (Wildman–Crippen LogP) is 6.12. The van der Waals surface area contributed by atoms with E-state index >= 15 is 0 Å². The second kappa shape index (κ2) is 10.1. The van der Waals surface area contributed by atoms with Gasteiger partial charge >= 0.3 is 12.1 Å². The highest BCUT2D eigenvalue weighted by molar-refractivity contribution is 5.80. The summed E-state index contributed by atoms with van der Waals surface area (Å²) in [6.07, 6.45) is 0.671. The quantitative estimate of drug-likeness (QED) is 0.411. The number of carbonyl (C=O) groups excluding carboxylic acids is 1. The van der Waals surface area contributed by atoms with Gasteiger partial charge in [-0.1, -0.05) is 74.5 Å². The Kier molecular flexibility index (Phi) is 6.96. The van der Waals surface area contributed by atoms with Crippen molar-refractivity contribution in [1.29, 1.82) is 0 Å². The average molecular weight is 459 g/mol. The van der Waals surface area contributed by atoms with E-state index in [1.807, 2.05) is 61.5 Å². The summed E-state index contributed by atoms with van der Waals surface area (Å²) in [4.78, 5) is 31.7. The first kappa shape index (κ1) is 23.5. The molecule has 3 unspecified atom stereocenters. The number of allylic oxidation sites excluding steroid dienone is 1. The number of benzene rings is 2. The number of para-hydroxylation sites is 1. The van der Waals surface area contributed by atoms with E-state index in [0.29, 0.717) is 19.4 Å². The molecule has 1 aliphatic rings. The monoisotopic (exact) mass is 458 g/mol. The van der Waals surface area contributed by atoms with Gasteiger partial charge in [-0.3, -0.25) is 14.7 Å². The Hall–Kier alpha value is -3.67. The molecule has 6 heteroatoms. The molecule has 2 aromatic carbocycles. The van der Waals surface area contributed by atoms with Gasteiger partial charge in [0.1, 0.15) is 6.61 Å². The maximum absolute atomic E-state index is 13.3. The van der Waals surface area contributed by atoms with Crippen molar-refractivity contribution in [3.63, 3.8) is 0 Å². The molecule has 1 aliphatic heterocycles. The lowest BCUT2D eigenvalue weighted by atomic mass is 9.81. The smallest absolute Gasteiger partial charge is 0.410 e. The average Bonchev–Trinajstić information content (AvgIpc) is 3.21. The molecule has 0 saturated carbocycles. The molecule has 3 aromatic rings. The summed E-state index contributed by atoms with van der Waals surface area (Å²) in [5, 5.41) is 10.7. The van der Waals surface area contributed by atoms with Gasteiger partial charge in [0.25, 0.3) is 0 Å². The summed E-state index contributed by atoms with van der Waals surface area (Å²) >= 11 is 0. The molecule has 1 N–H and O–H groups in total. The summed E-state index contributed by atoms with van der Waals surface area (Å²) in [5.41, 5.74) is 4.39. The van der Waals surface area contributed by atoms with Crippen molar-refractivity contribution in [2.75, 3.05) is 0 Å². The first-order valence-corrected chi connectivity index (χ1v) is 11.6. The maximum Gasteiger partial charge on any atom is 0.410 e. The molecule has 1 amide bonds. The zero-order chi connectivity index (χ0) is 24.2. The molecule has 0 radical (unpaired) electrons. The van der Waals surface area contributed by atoms with Gasteiger partial charge < -0.3 is 9.84 Å². The highest BCUT2D eigenvalue weighted by atomic mass is 16.6. The first-order chi connectivity index (χ1) is 16.4. The molecule has 2 heterocycles. The van der Waals surface area contributed by atoms with E-state index in [-0.39, 0.29) is 12.5 Å². The number of hydrogen-bond donors (Lipinski definition) is 1. The molecular weight excluding hydrogens is 428 g/mol. The van der Waals surface area contributed by atoms with Gasteiger partial charge in [-0.25, -0.2) is 4.79 Å². The lowest BCUT2D eigenvalue weighted by Crippen LogP contribution is -2.33. The Labute approximate surface area is 199 Å². The summed E-state index contributed by atoms with van der Waals surface area (Å²) in [5.74, 6) is -1.79. The highest BCUT2D eigenvalue weighted by Gasteiger charge is 2.40. The SMILES string of the molecule is C=C(CC)C(CC1c2nc3ccccc3cc2CN1C(=O)OCc1ccccc1)C(C)C(=O)O. The van der Waals surface area contributed by atoms with E-state index in [1.165, 1.54) is 0 Å². The fourth-order valence-electron chi connectivity index (χ4n) is 4.66. The summed E-state index contributed by atoms with van der Waals surface area (Å²) in [6.45, 7) is 8.38. The van der Waals surface area contributed by atoms with Gasteiger partial charge in [-0.05, 0) is 42.0 Å². The second-order valence-corrected chi connectivity index (χ2v) is 8.89. The van der Waals surface area contributed by atoms with Crippen molar-refractivity contribution in [1.82, 2.24) is 9.88 Å². The summed E-state index contributed by atoms with van der Waals surface area (Å²) in [7, 11) is 0. The summed E-state index contributed by atoms with van der Waals surface area (Å²) in [6, 6.07) is 19.1. The van der Waals surface area contributed by atoms with Gasteiger partial charge in [-0.15, -0.1) is 0 Å². The Morgan fingerprint density at radius 2 is 1.88 bits per heavy atom. The van der Waals surface area contributed by atoms with Gasteiger partial charge in [0.15, 0.2) is 0 Å². The lowest BCUT2D eigenvalue weighted by molar-refractivity contribution is -0.142. The number of carboxylic acids is 1. The third kappa shape index (κ3) is 4.81. The van der Waals surface area contributed by atoms with Crippen LogP contribution in [0.2, 0.25) is 0 Å². The van der Waals surface area contributed by atoms with Crippen LogP contribution in [0.3, 0.4) is 0 Å². The largest absolute Gasteiger partial charge is 0.481 e. The van der Waals surface area contributed by atoms with Crippen LogP contribution in [-0.4, -0.2) is 27.1 Å². The van der Waals surface area contributed by atoms with Gasteiger partial charge in [0.05, 0.1) is 29.7 Å². The van der Waals surface area contributed by atoms with Crippen LogP contribution in [0, 0.1) is 11.8 Å². The van der Waals surface area contributed by atoms with Crippen LogP contribution in [-0.2, 0) is 22.7 Å². The number of hydrogen-bond acceptors (Lipinski definition) is 4. The van der Waals surface area contributed by atoms with Crippen LogP contribution in [0.1, 0.15) is 49.6 Å². The van der Waals surface area contributed by atoms with Gasteiger partial charge in [0.2, 0.25) is 0 Å². The van der Waals surface area contributed by atoms with Crippen molar-refractivity contribution in [2.24, 2.45) is 11.8 Å². The number of ether oxygens (including phenoxy) is 1. The molecule has 0 fully saturated rings. The normalized spacial score (nSPS) is 16.6. The molecule has 4 rings (SSSR count). The molecule has 34 heavy (non-hydrogen) atoms. The van der Waals surface area contributed by atoms with Crippen molar-refractivity contribution in [2.45, 2.75) is 45.9 Å². The van der Waals surface area contributed by atoms with E-state index < -0.39 is 24.0 Å². The van der Waals surface area contributed by atoms with Crippen LogP contribution < -0.4 is 0 Å². The number of nitrogens with zero attached hydrogens (tertiary/aromatic N) is 2. The van der Waals surface area contributed by atoms with Crippen LogP contribution in [0.15, 0.2) is 72.8 Å². The standard InChI is InChI=1S/C28H30N2O4/c1-4-18(2)23(19(3)27(31)32)15-25-26-22(14-21-12-8-9-13-24(21)29-26)16-30(25)28(33)34-17-20-10-6-5-7-11-20/h5-14,19,23,25H,2,4,15-17H2,1,3H3,(H,31,32). The number of carbonyl (C=O) groups is 2. The van der Waals surface area contributed by atoms with Crippen molar-refractivity contribution >= 4 is 23.0 Å². The van der Waals surface area contributed by atoms with Crippen molar-refractivity contribution in [3.8, 4) is 0 Å². The van der Waals surface area contributed by atoms with Gasteiger partial charge in [0, 0.05) is 5.39 Å². The Bertz CT molecular complexity index is 1210. The fourth-order valence-corrected chi connectivity index (χ4v) is 4.66. The number of carboxylic acid groups (broad SMARTS) is 1. The van der Waals surface area contributed by atoms with E-state index in [4.69, 9.17) is 9.72 Å². The minimum Gasteiger partial charge on any atom is -0.481 e. The van der Waals surface area contributed by atoms with Crippen molar-refractivity contribution in [3.05, 3.63) is 89.6 Å². The molecule has 176 valence electrons. The summed E-state index contributed by atoms with van der Waals surface area (Å²) < 4.78 is 5.67. The number of fused-ring (bicyclic) bond motifs is 2. The van der Waals surface area contributed by atoms with Crippen LogP contribution in [0.4, 0.5) is 4.79 Å². The molecule has 3 atom stereocenters. The molecule has 0 saturated heterocycles. The first-order valence-electron chi connectivity index (χ1n) is 11.6. The zero-order valence-corrected chi connectivity index (χ0v) is 19.6. The third-order valence-electron chi connectivity index (χ3n) is 6.76. The minimum absolute atomic E-state index is 0.172. The fraction of sp³-hybridized carbons (Fsp3) is 0.321. The Balaban J connectivity index is 1.67. The highest BCUT2D eigenvalue weighted by Crippen LogP contribution is 2.42. The topological polar surface area (TPSA) is 79.7 Å². The molecular formula is C28H30N2O4. The zero-order valence-electron chi connectivity index (χ0n) is 19.6. The van der Waals surface area contributed by atoms with Crippen LogP contribution >= 0.6 is 0 Å². The number of pyridine rings is 1. The second-order valence-electron chi connectivity index (χ2n) is 8.89. The number of aliphatic carboxylic acids is 1. The van der Waals surface area contributed by atoms with E-state index in [9.17, 15) is 14.7 Å². The van der Waals surface area contributed by atoms with Crippen LogP contribution in [0.25, 0.3) is 10.9 Å². The van der Waals surface area contributed by atoms with E-state index in [2.05, 4.69) is 12.6 Å². The number of aromatic nitrogens is 1. The molecule has 0 bridgehead atoms. The molecule has 6 nitrogen and oxygen atoms in total. The van der Waals surface area contributed by atoms with Crippen molar-refractivity contribution < 1.29 is 19.4 Å². The van der Waals surface area contributed by atoms with E-state index in [0.717, 1.165) is 33.3 Å². The lowest BCUT2D eigenvalue weighted by Gasteiger charge is -2.30. The maximum atomic E-state index is 13.3. The predicted molar refractivity (Wildman–Crippen MR) is 131 cm³/mol. The molecule has 0 aliphatic carbocycles. The Morgan fingerprint density at radius 3 is 2.59 bits per heavy atom. The number of rotatable bonds is 8. The minimum atomic E-state index is -0.873. The van der Waals surface area contributed by atoms with Gasteiger partial charge in [-0.2, -0.15) is 0 Å². The Morgan fingerprint density at radius 1 is 1.18 bits per heavy atom. The third-order valence-corrected chi connectivity index (χ3v) is 6.76. The molecule has 0 spiro atoms.